The van der Waals surface area contributed by atoms with Gasteiger partial charge in [0.25, 0.3) is 5.91 Å². The number of hydrogen-bond acceptors (Lipinski definition) is 7. The Balaban J connectivity index is 1.71. The van der Waals surface area contributed by atoms with Crippen molar-refractivity contribution >= 4 is 23.0 Å². The van der Waals surface area contributed by atoms with Gasteiger partial charge in [-0.2, -0.15) is 0 Å². The highest BCUT2D eigenvalue weighted by molar-refractivity contribution is 6.45. The van der Waals surface area contributed by atoms with Crippen LogP contribution in [0.25, 0.3) is 0 Å². The van der Waals surface area contributed by atoms with Crippen LogP contribution in [0.2, 0.25) is 0 Å². The summed E-state index contributed by atoms with van der Waals surface area (Å²) < 4.78 is 0. The van der Waals surface area contributed by atoms with Gasteiger partial charge in [-0.05, 0) is 24.8 Å². The van der Waals surface area contributed by atoms with Gasteiger partial charge < -0.3 is 20.2 Å². The Morgan fingerprint density at radius 2 is 1.68 bits per heavy atom. The topological polar surface area (TPSA) is 108 Å². The number of rotatable bonds is 10. The normalized spacial score (nSPS) is 19.0. The number of primary amides is 1. The Kier molecular flexibility index (Phi) is 7.37. The molecule has 162 valence electrons. The highest BCUT2D eigenvalue weighted by Crippen LogP contribution is 2.48. The van der Waals surface area contributed by atoms with Crippen molar-refractivity contribution in [1.29, 1.82) is 0 Å². The van der Waals surface area contributed by atoms with Gasteiger partial charge in [0.2, 0.25) is 0 Å². The van der Waals surface area contributed by atoms with E-state index in [1.165, 1.54) is 19.8 Å². The zero-order valence-corrected chi connectivity index (χ0v) is 17.8. The summed E-state index contributed by atoms with van der Waals surface area (Å²) in [5, 5.41) is 12.2. The first-order chi connectivity index (χ1) is 15.1. The minimum Gasteiger partial charge on any atom is -0.399 e. The van der Waals surface area contributed by atoms with Crippen LogP contribution < -0.4 is 5.73 Å². The van der Waals surface area contributed by atoms with Crippen molar-refractivity contribution in [2.75, 3.05) is 14.2 Å². The molecule has 8 nitrogen and oxygen atoms in total. The molecule has 0 radical (unpaired) electrons. The quantitative estimate of drug-likeness (QED) is 0.468. The summed E-state index contributed by atoms with van der Waals surface area (Å²) in [5.74, 6) is -0.0640. The number of benzene rings is 2. The average molecular weight is 422 g/mol. The number of carbonyl (C=O) groups excluding carboxylic acids is 1. The van der Waals surface area contributed by atoms with Crippen LogP contribution in [0, 0.1) is 5.92 Å². The molecule has 2 aromatic carbocycles. The third kappa shape index (κ3) is 5.48. The van der Waals surface area contributed by atoms with Crippen molar-refractivity contribution < 1.29 is 19.3 Å². The largest absolute Gasteiger partial charge is 0.399 e. The number of oxime groups is 3. The maximum Gasteiger partial charge on any atom is 0.271 e. The van der Waals surface area contributed by atoms with E-state index in [1.54, 1.807) is 12.1 Å². The van der Waals surface area contributed by atoms with E-state index in [4.69, 9.17) is 20.2 Å². The van der Waals surface area contributed by atoms with Gasteiger partial charge in [0, 0.05) is 17.0 Å². The standard InChI is InChI=1S/C23H26N4O4/c1-15(21(26-29-2)20-13-19(20)16-9-5-4-6-10-16)25-31-14-17-11-7-8-12-18(17)22(23(24)28)27-30-3/h4-12,19-20H,13-14H2,1-3H3,(H2,24,28)/t19-,20+/m0/s1. The lowest BCUT2D eigenvalue weighted by Gasteiger charge is -2.09. The second-order valence-electron chi connectivity index (χ2n) is 7.11. The SMILES string of the molecule is CON=C(C(N)=O)c1ccccc1CON=C(C)C(=NOC)[C@@H]1C[C@H]1c1ccccc1. The molecule has 2 aromatic rings. The second kappa shape index (κ2) is 10.4. The van der Waals surface area contributed by atoms with Crippen LogP contribution in [0.3, 0.4) is 0 Å². The molecule has 1 saturated carbocycles. The number of amides is 1. The molecule has 31 heavy (non-hydrogen) atoms. The van der Waals surface area contributed by atoms with E-state index in [2.05, 4.69) is 27.6 Å². The molecule has 0 unspecified atom stereocenters. The first kappa shape index (κ1) is 22.0. The van der Waals surface area contributed by atoms with E-state index >= 15 is 0 Å². The average Bonchev–Trinajstić information content (AvgIpc) is 3.57. The Morgan fingerprint density at radius 1 is 1.00 bits per heavy atom. The van der Waals surface area contributed by atoms with E-state index in [-0.39, 0.29) is 18.2 Å². The van der Waals surface area contributed by atoms with Crippen LogP contribution in [-0.4, -0.2) is 37.3 Å². The van der Waals surface area contributed by atoms with E-state index in [9.17, 15) is 4.79 Å². The van der Waals surface area contributed by atoms with Crippen LogP contribution in [-0.2, 0) is 25.9 Å². The molecule has 0 bridgehead atoms. The minimum atomic E-state index is -0.691. The van der Waals surface area contributed by atoms with Crippen LogP contribution in [0.15, 0.2) is 70.1 Å². The van der Waals surface area contributed by atoms with Gasteiger partial charge in [-0.1, -0.05) is 70.1 Å². The lowest BCUT2D eigenvalue weighted by atomic mass is 10.0. The number of nitrogens with two attached hydrogens (primary N) is 1. The Hall–Kier alpha value is -3.68. The van der Waals surface area contributed by atoms with E-state index in [0.717, 1.165) is 12.1 Å². The molecule has 8 heteroatoms. The Bertz CT molecular complexity index is 1000. The molecular weight excluding hydrogens is 396 g/mol. The molecule has 1 aliphatic rings. The van der Waals surface area contributed by atoms with Gasteiger partial charge in [0.05, 0.1) is 0 Å². The predicted molar refractivity (Wildman–Crippen MR) is 119 cm³/mol. The first-order valence-corrected chi connectivity index (χ1v) is 9.89. The van der Waals surface area contributed by atoms with Crippen LogP contribution in [0.5, 0.6) is 0 Å². The van der Waals surface area contributed by atoms with Crippen molar-refractivity contribution in [3.05, 3.63) is 71.3 Å². The smallest absolute Gasteiger partial charge is 0.271 e. The molecule has 0 spiro atoms. The maximum absolute atomic E-state index is 11.7. The summed E-state index contributed by atoms with van der Waals surface area (Å²) in [6.45, 7) is 1.96. The van der Waals surface area contributed by atoms with Crippen molar-refractivity contribution in [2.24, 2.45) is 27.1 Å². The number of nitrogens with zero attached hydrogens (tertiary/aromatic N) is 3. The Labute approximate surface area is 181 Å². The van der Waals surface area contributed by atoms with Crippen molar-refractivity contribution in [2.45, 2.75) is 25.9 Å². The first-order valence-electron chi connectivity index (χ1n) is 9.89. The lowest BCUT2D eigenvalue weighted by molar-refractivity contribution is -0.112. The van der Waals surface area contributed by atoms with Crippen LogP contribution in [0.4, 0.5) is 0 Å². The maximum atomic E-state index is 11.7. The third-order valence-corrected chi connectivity index (χ3v) is 5.04. The fourth-order valence-electron chi connectivity index (χ4n) is 3.51. The van der Waals surface area contributed by atoms with Crippen molar-refractivity contribution in [1.82, 2.24) is 0 Å². The second-order valence-corrected chi connectivity index (χ2v) is 7.11. The molecule has 1 aliphatic carbocycles. The molecule has 0 aliphatic heterocycles. The van der Waals surface area contributed by atoms with Crippen LogP contribution >= 0.6 is 0 Å². The molecule has 0 saturated heterocycles. The molecule has 1 fully saturated rings. The van der Waals surface area contributed by atoms with Gasteiger partial charge in [-0.25, -0.2) is 0 Å². The third-order valence-electron chi connectivity index (χ3n) is 5.04. The minimum absolute atomic E-state index is 0.0210. The monoisotopic (exact) mass is 422 g/mol. The summed E-state index contributed by atoms with van der Waals surface area (Å²) >= 11 is 0. The number of carbonyl (C=O) groups is 1. The van der Waals surface area contributed by atoms with Gasteiger partial charge >= 0.3 is 0 Å². The van der Waals surface area contributed by atoms with Gasteiger partial charge in [0.1, 0.15) is 32.2 Å². The summed E-state index contributed by atoms with van der Waals surface area (Å²) in [7, 11) is 2.87. The fourth-order valence-corrected chi connectivity index (χ4v) is 3.51. The highest BCUT2D eigenvalue weighted by atomic mass is 16.6. The number of hydrogen-bond donors (Lipinski definition) is 1. The molecule has 1 amide bonds. The molecule has 3 rings (SSSR count). The fraction of sp³-hybridized carbons (Fsp3) is 0.304. The lowest BCUT2D eigenvalue weighted by Crippen LogP contribution is -2.25. The molecule has 0 heterocycles. The molecular formula is C23H26N4O4. The van der Waals surface area contributed by atoms with E-state index in [0.29, 0.717) is 22.8 Å². The van der Waals surface area contributed by atoms with Gasteiger partial charge in [0.15, 0.2) is 5.71 Å². The summed E-state index contributed by atoms with van der Waals surface area (Å²) in [5.41, 5.74) is 9.36. The van der Waals surface area contributed by atoms with Gasteiger partial charge in [-0.15, -0.1) is 0 Å². The van der Waals surface area contributed by atoms with Crippen molar-refractivity contribution in [3.8, 4) is 0 Å². The summed E-state index contributed by atoms with van der Waals surface area (Å²) in [4.78, 5) is 27.1. The van der Waals surface area contributed by atoms with E-state index in [1.807, 2.05) is 37.3 Å². The summed E-state index contributed by atoms with van der Waals surface area (Å²) in [6.07, 6.45) is 0.983. The molecule has 0 aromatic heterocycles. The zero-order valence-electron chi connectivity index (χ0n) is 17.8. The van der Waals surface area contributed by atoms with Crippen molar-refractivity contribution in [3.63, 3.8) is 0 Å². The molecule has 2 atom stereocenters. The van der Waals surface area contributed by atoms with E-state index < -0.39 is 5.91 Å². The molecule has 2 N–H and O–H groups in total. The Morgan fingerprint density at radius 3 is 2.35 bits per heavy atom. The highest BCUT2D eigenvalue weighted by Gasteiger charge is 2.43. The zero-order chi connectivity index (χ0) is 22.2. The summed E-state index contributed by atoms with van der Waals surface area (Å²) in [6, 6.07) is 17.5. The van der Waals surface area contributed by atoms with Crippen LogP contribution in [0.1, 0.15) is 36.0 Å². The van der Waals surface area contributed by atoms with Gasteiger partial charge in [-0.3, -0.25) is 4.79 Å². The predicted octanol–water partition coefficient (Wildman–Crippen LogP) is 3.22.